The lowest BCUT2D eigenvalue weighted by Crippen LogP contribution is -2.48. The first kappa shape index (κ1) is 31.6. The Kier molecular flexibility index (Phi) is 9.66. The molecular formula is C31H30F3N3O5S2. The lowest BCUT2D eigenvalue weighted by atomic mass is 10.1. The van der Waals surface area contributed by atoms with Gasteiger partial charge in [0.2, 0.25) is 0 Å². The zero-order valence-corrected chi connectivity index (χ0v) is 25.6. The highest BCUT2D eigenvalue weighted by Gasteiger charge is 2.30. The first-order valence-corrected chi connectivity index (χ1v) is 15.6. The second-order valence-corrected chi connectivity index (χ2v) is 12.5. The Morgan fingerprint density at radius 1 is 1.11 bits per heavy atom. The number of halogens is 3. The van der Waals surface area contributed by atoms with Crippen molar-refractivity contribution in [3.05, 3.63) is 88.3 Å². The summed E-state index contributed by atoms with van der Waals surface area (Å²) in [5.74, 6) is 0.196. The van der Waals surface area contributed by atoms with Gasteiger partial charge in [0.15, 0.2) is 11.9 Å². The third-order valence-electron chi connectivity index (χ3n) is 7.17. The third-order valence-corrected chi connectivity index (χ3v) is 9.52. The molecule has 1 N–H and O–H groups in total. The molecule has 5 rings (SSSR count). The Balaban J connectivity index is 1.31. The number of amides is 1. The summed E-state index contributed by atoms with van der Waals surface area (Å²) in [4.78, 5) is 34.6. The number of ether oxygens (including phenoxy) is 1. The van der Waals surface area contributed by atoms with Gasteiger partial charge in [0, 0.05) is 53.8 Å². The number of carbonyl (C=O) groups is 2. The maximum absolute atomic E-state index is 13.1. The number of alkyl halides is 3. The second kappa shape index (κ2) is 13.4. The molecule has 2 aromatic carbocycles. The SMILES string of the molecule is Cc1cc(SCc2sc(-c3ccc(C(F)(F)F)cc3)nc2CN2CCN(C(=O)c3ccco3)CC2)ccc1OC(C)C(=O)O. The summed E-state index contributed by atoms with van der Waals surface area (Å²) in [6.45, 7) is 6.21. The minimum Gasteiger partial charge on any atom is -0.479 e. The van der Waals surface area contributed by atoms with Crippen LogP contribution in [-0.4, -0.2) is 64.0 Å². The summed E-state index contributed by atoms with van der Waals surface area (Å²) in [6, 6.07) is 13.9. The smallest absolute Gasteiger partial charge is 0.416 e. The van der Waals surface area contributed by atoms with Crippen LogP contribution in [0.25, 0.3) is 10.6 Å². The van der Waals surface area contributed by atoms with Crippen LogP contribution in [0.4, 0.5) is 13.2 Å². The molecule has 1 aliphatic heterocycles. The first-order valence-electron chi connectivity index (χ1n) is 13.8. The van der Waals surface area contributed by atoms with Crippen LogP contribution < -0.4 is 4.74 Å². The molecular weight excluding hydrogens is 615 g/mol. The third kappa shape index (κ3) is 7.63. The van der Waals surface area contributed by atoms with E-state index < -0.39 is 23.8 Å². The minimum atomic E-state index is -4.42. The molecule has 1 amide bonds. The van der Waals surface area contributed by atoms with E-state index in [9.17, 15) is 22.8 Å². The molecule has 8 nitrogen and oxygen atoms in total. The summed E-state index contributed by atoms with van der Waals surface area (Å²) >= 11 is 3.03. The molecule has 232 valence electrons. The molecule has 1 unspecified atom stereocenters. The zero-order valence-electron chi connectivity index (χ0n) is 24.0. The van der Waals surface area contributed by atoms with Crippen LogP contribution in [0, 0.1) is 6.92 Å². The molecule has 0 aliphatic carbocycles. The van der Waals surface area contributed by atoms with Crippen molar-refractivity contribution >= 4 is 35.0 Å². The fourth-order valence-corrected chi connectivity index (χ4v) is 6.83. The number of aryl methyl sites for hydroxylation is 1. The van der Waals surface area contributed by atoms with Crippen molar-refractivity contribution < 1.29 is 37.0 Å². The number of aromatic nitrogens is 1. The van der Waals surface area contributed by atoms with Gasteiger partial charge < -0.3 is 19.2 Å². The van der Waals surface area contributed by atoms with Crippen molar-refractivity contribution in [1.82, 2.24) is 14.8 Å². The quantitative estimate of drug-likeness (QED) is 0.188. The highest BCUT2D eigenvalue weighted by Crippen LogP contribution is 2.36. The molecule has 1 aliphatic rings. The molecule has 1 atom stereocenters. The van der Waals surface area contributed by atoms with Crippen LogP contribution in [0.2, 0.25) is 0 Å². The maximum atomic E-state index is 13.1. The van der Waals surface area contributed by atoms with Gasteiger partial charge in [-0.3, -0.25) is 9.69 Å². The summed E-state index contributed by atoms with van der Waals surface area (Å²) in [5, 5.41) is 9.78. The van der Waals surface area contributed by atoms with Gasteiger partial charge in [-0.2, -0.15) is 13.2 Å². The Morgan fingerprint density at radius 3 is 2.45 bits per heavy atom. The topological polar surface area (TPSA) is 96.1 Å². The minimum absolute atomic E-state index is 0.144. The Labute approximate surface area is 260 Å². The number of benzene rings is 2. The molecule has 0 bridgehead atoms. The molecule has 3 heterocycles. The monoisotopic (exact) mass is 645 g/mol. The van der Waals surface area contributed by atoms with Crippen molar-refractivity contribution in [2.24, 2.45) is 0 Å². The predicted molar refractivity (Wildman–Crippen MR) is 161 cm³/mol. The van der Waals surface area contributed by atoms with E-state index in [1.807, 2.05) is 19.1 Å². The zero-order chi connectivity index (χ0) is 31.4. The van der Waals surface area contributed by atoms with E-state index in [0.717, 1.165) is 33.2 Å². The number of nitrogens with zero attached hydrogens (tertiary/aromatic N) is 3. The first-order chi connectivity index (χ1) is 21.0. The summed E-state index contributed by atoms with van der Waals surface area (Å²) in [7, 11) is 0. The van der Waals surface area contributed by atoms with Crippen LogP contribution in [0.5, 0.6) is 5.75 Å². The number of piperazine rings is 1. The van der Waals surface area contributed by atoms with E-state index >= 15 is 0 Å². The fourth-order valence-electron chi connectivity index (χ4n) is 4.66. The molecule has 13 heteroatoms. The number of hydrogen-bond donors (Lipinski definition) is 1. The number of carboxylic acid groups (broad SMARTS) is 1. The van der Waals surface area contributed by atoms with Gasteiger partial charge in [-0.05, 0) is 61.9 Å². The van der Waals surface area contributed by atoms with Gasteiger partial charge in [0.1, 0.15) is 10.8 Å². The Morgan fingerprint density at radius 2 is 1.84 bits per heavy atom. The van der Waals surface area contributed by atoms with Gasteiger partial charge in [-0.25, -0.2) is 9.78 Å². The molecule has 0 spiro atoms. The average molecular weight is 646 g/mol. The fraction of sp³-hybridized carbons (Fsp3) is 0.323. The summed E-state index contributed by atoms with van der Waals surface area (Å²) < 4.78 is 50.2. The van der Waals surface area contributed by atoms with E-state index in [4.69, 9.17) is 19.2 Å². The van der Waals surface area contributed by atoms with Crippen molar-refractivity contribution in [3.8, 4) is 16.3 Å². The highest BCUT2D eigenvalue weighted by molar-refractivity contribution is 7.98. The van der Waals surface area contributed by atoms with Crippen molar-refractivity contribution in [1.29, 1.82) is 0 Å². The summed E-state index contributed by atoms with van der Waals surface area (Å²) in [5.41, 5.74) is 1.55. The molecule has 1 saturated heterocycles. The van der Waals surface area contributed by atoms with Gasteiger partial charge in [0.05, 0.1) is 17.5 Å². The van der Waals surface area contributed by atoms with Crippen LogP contribution in [0.1, 0.15) is 39.2 Å². The van der Waals surface area contributed by atoms with Crippen molar-refractivity contribution in [2.75, 3.05) is 26.2 Å². The standard InChI is InChI=1S/C31H30F3N3O5S2/c1-19-16-23(9-10-25(19)42-20(2)30(39)40)43-18-27-24(35-28(44-27)21-5-7-22(8-6-21)31(32,33)34)17-36-11-13-37(14-12-36)29(38)26-4-3-15-41-26/h3-10,15-16,20H,11-14,17-18H2,1-2H3,(H,39,40). The van der Waals surface area contributed by atoms with Crippen LogP contribution in [0.3, 0.4) is 0 Å². The lowest BCUT2D eigenvalue weighted by molar-refractivity contribution is -0.144. The molecule has 44 heavy (non-hydrogen) atoms. The maximum Gasteiger partial charge on any atom is 0.416 e. The van der Waals surface area contributed by atoms with Crippen molar-refractivity contribution in [2.45, 2.75) is 43.3 Å². The van der Waals surface area contributed by atoms with Crippen molar-refractivity contribution in [3.63, 3.8) is 0 Å². The Hall–Kier alpha value is -3.81. The molecule has 1 fully saturated rings. The summed E-state index contributed by atoms with van der Waals surface area (Å²) in [6.07, 6.45) is -3.91. The number of thiazole rings is 1. The van der Waals surface area contributed by atoms with Gasteiger partial charge in [-0.1, -0.05) is 12.1 Å². The number of rotatable bonds is 10. The lowest BCUT2D eigenvalue weighted by Gasteiger charge is -2.34. The van der Waals surface area contributed by atoms with E-state index in [1.54, 1.807) is 34.9 Å². The molecule has 4 aromatic rings. The van der Waals surface area contributed by atoms with E-state index in [2.05, 4.69) is 4.90 Å². The van der Waals surface area contributed by atoms with Gasteiger partial charge in [-0.15, -0.1) is 23.1 Å². The molecule has 0 radical (unpaired) electrons. The average Bonchev–Trinajstić information content (AvgIpc) is 3.68. The van der Waals surface area contributed by atoms with Crippen LogP contribution in [0.15, 0.2) is 70.2 Å². The number of hydrogen-bond acceptors (Lipinski definition) is 8. The number of carbonyl (C=O) groups excluding carboxylic acids is 1. The highest BCUT2D eigenvalue weighted by atomic mass is 32.2. The number of aliphatic carboxylic acids is 1. The number of carboxylic acids is 1. The Bertz CT molecular complexity index is 1600. The number of thioether (sulfide) groups is 1. The van der Waals surface area contributed by atoms with Crippen LogP contribution in [-0.2, 0) is 23.3 Å². The van der Waals surface area contributed by atoms with E-state index in [-0.39, 0.29) is 5.91 Å². The number of furan rings is 1. The van der Waals surface area contributed by atoms with Crippen LogP contribution >= 0.6 is 23.1 Å². The largest absolute Gasteiger partial charge is 0.479 e. The van der Waals surface area contributed by atoms with E-state index in [0.29, 0.717) is 60.6 Å². The molecule has 2 aromatic heterocycles. The van der Waals surface area contributed by atoms with Gasteiger partial charge in [0.25, 0.3) is 5.91 Å². The normalized spacial score (nSPS) is 14.9. The predicted octanol–water partition coefficient (Wildman–Crippen LogP) is 6.83. The molecule has 0 saturated carbocycles. The van der Waals surface area contributed by atoms with Gasteiger partial charge >= 0.3 is 12.1 Å². The van der Waals surface area contributed by atoms with E-state index in [1.165, 1.54) is 36.7 Å². The second-order valence-electron chi connectivity index (χ2n) is 10.3.